The minimum absolute atomic E-state index is 0.160. The molecule has 0 atom stereocenters. The van der Waals surface area contributed by atoms with Gasteiger partial charge in [-0.25, -0.2) is 8.42 Å². The van der Waals surface area contributed by atoms with E-state index < -0.39 is 10.0 Å². The van der Waals surface area contributed by atoms with Gasteiger partial charge in [0.05, 0.1) is 16.3 Å². The number of fused-ring (bicyclic) bond motifs is 1. The van der Waals surface area contributed by atoms with E-state index in [9.17, 15) is 13.2 Å². The number of aryl methyl sites for hydroxylation is 3. The van der Waals surface area contributed by atoms with E-state index in [1.165, 1.54) is 4.31 Å². The van der Waals surface area contributed by atoms with Crippen LogP contribution in [0.4, 0.5) is 0 Å². The average Bonchev–Trinajstić information content (AvgIpc) is 2.76. The number of ether oxygens (including phenoxy) is 1. The minimum Gasteiger partial charge on any atom is -0.461 e. The van der Waals surface area contributed by atoms with Crippen LogP contribution in [0.5, 0.6) is 0 Å². The lowest BCUT2D eigenvalue weighted by Crippen LogP contribution is -2.41. The summed E-state index contributed by atoms with van der Waals surface area (Å²) in [5, 5.41) is 1.00. The summed E-state index contributed by atoms with van der Waals surface area (Å²) in [6.07, 6.45) is 2.63. The summed E-state index contributed by atoms with van der Waals surface area (Å²) in [7, 11) is -3.60. The standard InChI is InChI=1S/C25H28N2O4S/c1-17-14-18(2)24(19(3)15-17)32(29,30)27-12-9-21(10-13-27)25(28)31-16-22-7-4-6-20-8-5-11-26-23(20)22/h4-8,11,14-15,21H,9-10,12-13,16H2,1-3H3. The molecule has 1 saturated heterocycles. The third-order valence-electron chi connectivity index (χ3n) is 6.08. The van der Waals surface area contributed by atoms with Crippen molar-refractivity contribution in [3.63, 3.8) is 0 Å². The molecule has 0 spiro atoms. The summed E-state index contributed by atoms with van der Waals surface area (Å²) >= 11 is 0. The molecule has 168 valence electrons. The Balaban J connectivity index is 1.40. The first-order valence-electron chi connectivity index (χ1n) is 10.8. The van der Waals surface area contributed by atoms with Gasteiger partial charge < -0.3 is 4.74 Å². The number of carbonyl (C=O) groups is 1. The molecule has 7 heteroatoms. The predicted molar refractivity (Wildman–Crippen MR) is 124 cm³/mol. The van der Waals surface area contributed by atoms with Gasteiger partial charge in [-0.15, -0.1) is 0 Å². The molecule has 1 aliphatic heterocycles. The number of sulfonamides is 1. The van der Waals surface area contributed by atoms with Crippen LogP contribution in [0, 0.1) is 26.7 Å². The van der Waals surface area contributed by atoms with Gasteiger partial charge in [0.2, 0.25) is 10.0 Å². The van der Waals surface area contributed by atoms with Crippen LogP contribution in [0.15, 0.2) is 53.6 Å². The first kappa shape index (κ1) is 22.4. The number of carbonyl (C=O) groups excluding carboxylic acids is 1. The van der Waals surface area contributed by atoms with Gasteiger partial charge in [0.15, 0.2) is 0 Å². The lowest BCUT2D eigenvalue weighted by molar-refractivity contribution is -0.151. The van der Waals surface area contributed by atoms with Crippen LogP contribution < -0.4 is 0 Å². The second-order valence-corrected chi connectivity index (χ2v) is 10.4. The van der Waals surface area contributed by atoms with Gasteiger partial charge in [0, 0.05) is 30.2 Å². The molecule has 0 radical (unpaired) electrons. The Kier molecular flexibility index (Phi) is 6.31. The van der Waals surface area contributed by atoms with Crippen LogP contribution in [0.25, 0.3) is 10.9 Å². The minimum atomic E-state index is -3.60. The zero-order valence-electron chi connectivity index (χ0n) is 18.7. The topological polar surface area (TPSA) is 76.6 Å². The number of pyridine rings is 1. The summed E-state index contributed by atoms with van der Waals surface area (Å²) in [5.74, 6) is -0.581. The fourth-order valence-corrected chi connectivity index (χ4v) is 6.47. The van der Waals surface area contributed by atoms with E-state index in [0.717, 1.165) is 33.2 Å². The Bertz CT molecular complexity index is 1230. The summed E-state index contributed by atoms with van der Waals surface area (Å²) in [6, 6.07) is 13.4. The smallest absolute Gasteiger partial charge is 0.309 e. The zero-order valence-corrected chi connectivity index (χ0v) is 19.5. The first-order valence-corrected chi connectivity index (χ1v) is 12.3. The number of aromatic nitrogens is 1. The Morgan fingerprint density at radius 3 is 2.41 bits per heavy atom. The number of piperidine rings is 1. The molecule has 3 aromatic rings. The summed E-state index contributed by atoms with van der Waals surface area (Å²) < 4.78 is 33.6. The molecule has 6 nitrogen and oxygen atoms in total. The molecule has 32 heavy (non-hydrogen) atoms. The summed E-state index contributed by atoms with van der Waals surface area (Å²) in [5.41, 5.74) is 4.25. The van der Waals surface area contributed by atoms with Gasteiger partial charge in [-0.05, 0) is 50.8 Å². The highest BCUT2D eigenvalue weighted by molar-refractivity contribution is 7.89. The van der Waals surface area contributed by atoms with Crippen LogP contribution >= 0.6 is 0 Å². The number of hydrogen-bond acceptors (Lipinski definition) is 5. The van der Waals surface area contributed by atoms with Crippen molar-refractivity contribution in [2.45, 2.75) is 45.1 Å². The fraction of sp³-hybridized carbons (Fsp3) is 0.360. The Labute approximate surface area is 189 Å². The number of nitrogens with zero attached hydrogens (tertiary/aromatic N) is 2. The van der Waals surface area contributed by atoms with Crippen LogP contribution in [0.2, 0.25) is 0 Å². The lowest BCUT2D eigenvalue weighted by atomic mass is 9.98. The van der Waals surface area contributed by atoms with E-state index in [1.54, 1.807) is 6.20 Å². The molecule has 0 aliphatic carbocycles. The van der Waals surface area contributed by atoms with Crippen molar-refractivity contribution in [3.05, 3.63) is 70.9 Å². The first-order chi connectivity index (χ1) is 15.3. The highest BCUT2D eigenvalue weighted by Crippen LogP contribution is 2.29. The average molecular weight is 453 g/mol. The number of rotatable bonds is 5. The van der Waals surface area contributed by atoms with Crippen molar-refractivity contribution in [2.75, 3.05) is 13.1 Å². The van der Waals surface area contributed by atoms with E-state index in [4.69, 9.17) is 4.74 Å². The van der Waals surface area contributed by atoms with Crippen molar-refractivity contribution in [2.24, 2.45) is 5.92 Å². The molecule has 4 rings (SSSR count). The second kappa shape index (κ2) is 9.00. The number of para-hydroxylation sites is 1. The molecule has 0 saturated carbocycles. The summed E-state index contributed by atoms with van der Waals surface area (Å²) in [6.45, 7) is 6.41. The van der Waals surface area contributed by atoms with Gasteiger partial charge in [-0.3, -0.25) is 9.78 Å². The molecule has 0 unspecified atom stereocenters. The highest BCUT2D eigenvalue weighted by Gasteiger charge is 2.34. The molecular weight excluding hydrogens is 424 g/mol. The normalized spacial score (nSPS) is 15.7. The van der Waals surface area contributed by atoms with Crippen molar-refractivity contribution in [1.82, 2.24) is 9.29 Å². The third-order valence-corrected chi connectivity index (χ3v) is 8.28. The van der Waals surface area contributed by atoms with Crippen molar-refractivity contribution < 1.29 is 17.9 Å². The van der Waals surface area contributed by atoms with Gasteiger partial charge >= 0.3 is 5.97 Å². The third kappa shape index (κ3) is 4.40. The highest BCUT2D eigenvalue weighted by atomic mass is 32.2. The van der Waals surface area contributed by atoms with Crippen LogP contribution in [0.1, 0.15) is 35.1 Å². The van der Waals surface area contributed by atoms with Gasteiger partial charge in [0.1, 0.15) is 6.61 Å². The molecular formula is C25H28N2O4S. The van der Waals surface area contributed by atoms with E-state index in [2.05, 4.69) is 4.98 Å². The van der Waals surface area contributed by atoms with Crippen molar-refractivity contribution >= 4 is 26.9 Å². The largest absolute Gasteiger partial charge is 0.461 e. The van der Waals surface area contributed by atoms with E-state index in [-0.39, 0.29) is 18.5 Å². The molecule has 2 heterocycles. The molecule has 1 fully saturated rings. The van der Waals surface area contributed by atoms with Gasteiger partial charge in [0.25, 0.3) is 0 Å². The maximum atomic E-state index is 13.3. The Morgan fingerprint density at radius 2 is 1.72 bits per heavy atom. The molecule has 2 aromatic carbocycles. The molecule has 1 aliphatic rings. The molecule has 1 aromatic heterocycles. The molecule has 0 N–H and O–H groups in total. The zero-order chi connectivity index (χ0) is 22.9. The Hall–Kier alpha value is -2.77. The quantitative estimate of drug-likeness (QED) is 0.540. The second-order valence-electron chi connectivity index (χ2n) is 8.51. The van der Waals surface area contributed by atoms with Crippen molar-refractivity contribution in [3.8, 4) is 0 Å². The van der Waals surface area contributed by atoms with Crippen LogP contribution in [-0.2, 0) is 26.2 Å². The van der Waals surface area contributed by atoms with Gasteiger partial charge in [-0.2, -0.15) is 4.31 Å². The van der Waals surface area contributed by atoms with E-state index >= 15 is 0 Å². The van der Waals surface area contributed by atoms with Gasteiger partial charge in [-0.1, -0.05) is 42.0 Å². The fourth-order valence-electron chi connectivity index (χ4n) is 4.59. The number of esters is 1. The molecule has 0 amide bonds. The van der Waals surface area contributed by atoms with Crippen LogP contribution in [-0.4, -0.2) is 36.8 Å². The number of hydrogen-bond donors (Lipinski definition) is 0. The maximum absolute atomic E-state index is 13.3. The van der Waals surface area contributed by atoms with E-state index in [1.807, 2.05) is 63.2 Å². The van der Waals surface area contributed by atoms with Crippen molar-refractivity contribution in [1.29, 1.82) is 0 Å². The maximum Gasteiger partial charge on any atom is 0.309 e. The van der Waals surface area contributed by atoms with Crippen LogP contribution in [0.3, 0.4) is 0 Å². The Morgan fingerprint density at radius 1 is 1.06 bits per heavy atom. The van der Waals surface area contributed by atoms with E-state index in [0.29, 0.717) is 30.8 Å². The number of benzene rings is 2. The molecule has 0 bridgehead atoms. The lowest BCUT2D eigenvalue weighted by Gasteiger charge is -2.31. The monoisotopic (exact) mass is 452 g/mol. The SMILES string of the molecule is Cc1cc(C)c(S(=O)(=O)N2CCC(C(=O)OCc3cccc4cccnc34)CC2)c(C)c1. The summed E-state index contributed by atoms with van der Waals surface area (Å²) in [4.78, 5) is 17.4. The predicted octanol–water partition coefficient (Wildman–Crippen LogP) is 4.30.